The van der Waals surface area contributed by atoms with E-state index in [0.717, 1.165) is 18.7 Å². The van der Waals surface area contributed by atoms with Crippen molar-refractivity contribution < 1.29 is 9.53 Å². The molecule has 1 fully saturated rings. The Morgan fingerprint density at radius 1 is 1.33 bits per heavy atom. The summed E-state index contributed by atoms with van der Waals surface area (Å²) in [5, 5.41) is 0.655. The van der Waals surface area contributed by atoms with Gasteiger partial charge in [-0.3, -0.25) is 14.7 Å². The second-order valence-electron chi connectivity index (χ2n) is 6.16. The average molecular weight is 345 g/mol. The van der Waals surface area contributed by atoms with Crippen LogP contribution in [0.15, 0.2) is 36.8 Å². The number of pyridine rings is 2. The quantitative estimate of drug-likeness (QED) is 0.832. The molecule has 2 aromatic heterocycles. The van der Waals surface area contributed by atoms with Crippen molar-refractivity contribution in [3.63, 3.8) is 0 Å². The molecular formula is C17H17ClN4O2. The van der Waals surface area contributed by atoms with E-state index in [-0.39, 0.29) is 18.1 Å². The molecule has 4 rings (SSSR count). The van der Waals surface area contributed by atoms with Crippen LogP contribution in [-0.4, -0.2) is 58.0 Å². The third kappa shape index (κ3) is 2.61. The van der Waals surface area contributed by atoms with Crippen LogP contribution in [0, 0.1) is 0 Å². The fourth-order valence-electron chi connectivity index (χ4n) is 3.35. The monoisotopic (exact) mass is 344 g/mol. The summed E-state index contributed by atoms with van der Waals surface area (Å²) >= 11 is 6.21. The average Bonchev–Trinajstić information content (AvgIpc) is 2.94. The standard InChI is InChI=1S/C17H17ClN4O2/c1-21-14-9-22(8-11-4-6-19-7-13(11)18)10-15(14)24-16-12(17(21)23)3-2-5-20-16/h2-7,14-15H,8-10H2,1H3. The van der Waals surface area contributed by atoms with Crippen LogP contribution in [0.3, 0.4) is 0 Å². The van der Waals surface area contributed by atoms with Gasteiger partial charge in [0.2, 0.25) is 5.88 Å². The lowest BCUT2D eigenvalue weighted by atomic mass is 10.2. The van der Waals surface area contributed by atoms with Gasteiger partial charge >= 0.3 is 0 Å². The Balaban J connectivity index is 1.57. The lowest BCUT2D eigenvalue weighted by Gasteiger charge is -2.25. The molecule has 0 spiro atoms. The van der Waals surface area contributed by atoms with Gasteiger partial charge in [0, 0.05) is 45.3 Å². The Morgan fingerprint density at radius 3 is 3.04 bits per heavy atom. The van der Waals surface area contributed by atoms with E-state index in [1.165, 1.54) is 0 Å². The summed E-state index contributed by atoms with van der Waals surface area (Å²) in [5.41, 5.74) is 1.55. The topological polar surface area (TPSA) is 58.6 Å². The van der Waals surface area contributed by atoms with Gasteiger partial charge in [0.15, 0.2) is 0 Å². The van der Waals surface area contributed by atoms with Gasteiger partial charge in [-0.2, -0.15) is 0 Å². The second kappa shape index (κ2) is 6.03. The van der Waals surface area contributed by atoms with Crippen molar-refractivity contribution in [1.29, 1.82) is 0 Å². The maximum absolute atomic E-state index is 12.7. The van der Waals surface area contributed by atoms with Crippen LogP contribution in [0.4, 0.5) is 0 Å². The number of hydrogen-bond donors (Lipinski definition) is 0. The number of carbonyl (C=O) groups excluding carboxylic acids is 1. The number of likely N-dealkylation sites (N-methyl/N-ethyl adjacent to an activating group) is 1. The number of amides is 1. The second-order valence-corrected chi connectivity index (χ2v) is 6.56. The van der Waals surface area contributed by atoms with Crippen LogP contribution in [0.25, 0.3) is 0 Å². The first-order valence-corrected chi connectivity index (χ1v) is 8.21. The Labute approximate surface area is 145 Å². The van der Waals surface area contributed by atoms with Crippen LogP contribution in [0.1, 0.15) is 15.9 Å². The van der Waals surface area contributed by atoms with Gasteiger partial charge in [-0.1, -0.05) is 11.6 Å². The molecule has 0 N–H and O–H groups in total. The molecule has 2 aromatic rings. The highest BCUT2D eigenvalue weighted by atomic mass is 35.5. The highest BCUT2D eigenvalue weighted by Gasteiger charge is 2.42. The van der Waals surface area contributed by atoms with E-state index in [2.05, 4.69) is 14.9 Å². The normalized spacial score (nSPS) is 23.4. The molecule has 0 radical (unpaired) electrons. The van der Waals surface area contributed by atoms with E-state index in [9.17, 15) is 4.79 Å². The van der Waals surface area contributed by atoms with E-state index < -0.39 is 0 Å². The summed E-state index contributed by atoms with van der Waals surface area (Å²) in [6.07, 6.45) is 4.94. The Kier molecular flexibility index (Phi) is 3.86. The Bertz CT molecular complexity index is 785. The largest absolute Gasteiger partial charge is 0.470 e. The van der Waals surface area contributed by atoms with Crippen molar-refractivity contribution in [1.82, 2.24) is 19.8 Å². The van der Waals surface area contributed by atoms with Crippen molar-refractivity contribution in [3.05, 3.63) is 52.9 Å². The van der Waals surface area contributed by atoms with E-state index in [1.807, 2.05) is 13.1 Å². The van der Waals surface area contributed by atoms with Crippen LogP contribution in [0.2, 0.25) is 5.02 Å². The molecule has 0 aromatic carbocycles. The van der Waals surface area contributed by atoms with Gasteiger partial charge in [0.05, 0.1) is 11.1 Å². The predicted octanol–water partition coefficient (Wildman–Crippen LogP) is 1.85. The van der Waals surface area contributed by atoms with Crippen molar-refractivity contribution in [3.8, 4) is 5.88 Å². The highest BCUT2D eigenvalue weighted by Crippen LogP contribution is 2.30. The lowest BCUT2D eigenvalue weighted by Crippen LogP contribution is -2.44. The zero-order valence-electron chi connectivity index (χ0n) is 13.2. The maximum Gasteiger partial charge on any atom is 0.259 e. The predicted molar refractivity (Wildman–Crippen MR) is 89.1 cm³/mol. The number of rotatable bonds is 2. The molecule has 4 heterocycles. The van der Waals surface area contributed by atoms with E-state index >= 15 is 0 Å². The minimum absolute atomic E-state index is 0.00712. The van der Waals surface area contributed by atoms with E-state index in [0.29, 0.717) is 23.0 Å². The molecule has 2 atom stereocenters. The van der Waals surface area contributed by atoms with E-state index in [1.54, 1.807) is 35.6 Å². The summed E-state index contributed by atoms with van der Waals surface area (Å²) < 4.78 is 6.06. The number of hydrogen-bond acceptors (Lipinski definition) is 5. The van der Waals surface area contributed by atoms with Gasteiger partial charge in [0.25, 0.3) is 5.91 Å². The van der Waals surface area contributed by atoms with Crippen LogP contribution in [0.5, 0.6) is 5.88 Å². The van der Waals surface area contributed by atoms with E-state index in [4.69, 9.17) is 16.3 Å². The number of ether oxygens (including phenoxy) is 1. The third-order valence-corrected chi connectivity index (χ3v) is 4.99. The summed E-state index contributed by atoms with van der Waals surface area (Å²) in [7, 11) is 1.83. The minimum atomic E-state index is -0.101. The molecule has 1 saturated heterocycles. The fourth-order valence-corrected chi connectivity index (χ4v) is 3.53. The minimum Gasteiger partial charge on any atom is -0.470 e. The molecule has 2 aliphatic rings. The molecule has 2 unspecified atom stereocenters. The molecule has 2 aliphatic heterocycles. The number of fused-ring (bicyclic) bond motifs is 2. The third-order valence-electron chi connectivity index (χ3n) is 4.65. The smallest absolute Gasteiger partial charge is 0.259 e. The van der Waals surface area contributed by atoms with Crippen LogP contribution < -0.4 is 4.74 Å². The first kappa shape index (κ1) is 15.4. The van der Waals surface area contributed by atoms with Gasteiger partial charge in [0.1, 0.15) is 11.7 Å². The van der Waals surface area contributed by atoms with Crippen molar-refractivity contribution >= 4 is 17.5 Å². The number of carbonyl (C=O) groups is 1. The fraction of sp³-hybridized carbons (Fsp3) is 0.353. The SMILES string of the molecule is CN1C(=O)c2cccnc2OC2CN(Cc3ccncc3Cl)CC21. The molecule has 6 nitrogen and oxygen atoms in total. The zero-order valence-corrected chi connectivity index (χ0v) is 14.0. The summed E-state index contributed by atoms with van der Waals surface area (Å²) in [4.78, 5) is 24.9. The molecule has 0 saturated carbocycles. The first-order valence-electron chi connectivity index (χ1n) is 7.83. The maximum atomic E-state index is 12.7. The number of likely N-dealkylation sites (tertiary alicyclic amines) is 1. The number of halogens is 1. The van der Waals surface area contributed by atoms with Crippen LogP contribution in [-0.2, 0) is 6.54 Å². The lowest BCUT2D eigenvalue weighted by molar-refractivity contribution is 0.0680. The Hall–Kier alpha value is -2.18. The highest BCUT2D eigenvalue weighted by molar-refractivity contribution is 6.31. The van der Waals surface area contributed by atoms with Gasteiger partial charge in [-0.25, -0.2) is 4.98 Å². The summed E-state index contributed by atoms with van der Waals surface area (Å²) in [5.74, 6) is 0.375. The molecule has 0 bridgehead atoms. The zero-order chi connectivity index (χ0) is 16.7. The first-order chi connectivity index (χ1) is 11.6. The van der Waals surface area contributed by atoms with Crippen molar-refractivity contribution in [2.24, 2.45) is 0 Å². The van der Waals surface area contributed by atoms with Gasteiger partial charge in [-0.05, 0) is 23.8 Å². The Morgan fingerprint density at radius 2 is 2.21 bits per heavy atom. The molecule has 124 valence electrons. The summed E-state index contributed by atoms with van der Waals surface area (Å²) in [6.45, 7) is 2.16. The molecule has 0 aliphatic carbocycles. The molecular weight excluding hydrogens is 328 g/mol. The van der Waals surface area contributed by atoms with Crippen LogP contribution >= 0.6 is 11.6 Å². The van der Waals surface area contributed by atoms with Gasteiger partial charge < -0.3 is 9.64 Å². The van der Waals surface area contributed by atoms with Gasteiger partial charge in [-0.15, -0.1) is 0 Å². The van der Waals surface area contributed by atoms with Crippen molar-refractivity contribution in [2.75, 3.05) is 20.1 Å². The number of aromatic nitrogens is 2. The molecule has 1 amide bonds. The number of nitrogens with zero attached hydrogens (tertiary/aromatic N) is 4. The summed E-state index contributed by atoms with van der Waals surface area (Å²) in [6, 6.07) is 5.43. The van der Waals surface area contributed by atoms with Crippen molar-refractivity contribution in [2.45, 2.75) is 18.7 Å². The molecule has 7 heteroatoms. The molecule has 24 heavy (non-hydrogen) atoms.